The van der Waals surface area contributed by atoms with E-state index in [1.807, 2.05) is 13.8 Å². The summed E-state index contributed by atoms with van der Waals surface area (Å²) in [4.78, 5) is 24.7. The van der Waals surface area contributed by atoms with Crippen LogP contribution in [-0.4, -0.2) is 57.1 Å². The van der Waals surface area contributed by atoms with Crippen molar-refractivity contribution in [2.45, 2.75) is 39.8 Å². The van der Waals surface area contributed by atoms with E-state index < -0.39 is 5.97 Å². The van der Waals surface area contributed by atoms with Crippen LogP contribution < -0.4 is 0 Å². The molecule has 0 radical (unpaired) electrons. The van der Waals surface area contributed by atoms with Crippen molar-refractivity contribution in [3.05, 3.63) is 11.4 Å². The van der Waals surface area contributed by atoms with Gasteiger partial charge < -0.3 is 14.7 Å². The van der Waals surface area contributed by atoms with Gasteiger partial charge >= 0.3 is 5.97 Å². The molecule has 0 bridgehead atoms. The number of rotatable bonds is 9. The van der Waals surface area contributed by atoms with Gasteiger partial charge in [-0.3, -0.25) is 4.79 Å². The maximum absolute atomic E-state index is 11.9. The highest BCUT2D eigenvalue weighted by Gasteiger charge is 2.19. The maximum Gasteiger partial charge on any atom is 0.358 e. The van der Waals surface area contributed by atoms with Gasteiger partial charge in [-0.15, -0.1) is 5.10 Å². The smallest absolute Gasteiger partial charge is 0.358 e. The number of carboxylic acid groups (broad SMARTS) is 1. The number of hydrogen-bond donors (Lipinski definition) is 1. The molecule has 0 saturated heterocycles. The summed E-state index contributed by atoms with van der Waals surface area (Å²) in [5.74, 6) is -1.04. The molecule has 0 aliphatic heterocycles. The van der Waals surface area contributed by atoms with Crippen LogP contribution in [-0.2, 0) is 22.7 Å². The van der Waals surface area contributed by atoms with E-state index in [9.17, 15) is 9.59 Å². The van der Waals surface area contributed by atoms with Gasteiger partial charge in [0, 0.05) is 33.2 Å². The van der Waals surface area contributed by atoms with Crippen molar-refractivity contribution in [3.63, 3.8) is 0 Å². The first-order valence-corrected chi connectivity index (χ1v) is 6.97. The molecule has 0 unspecified atom stereocenters. The van der Waals surface area contributed by atoms with E-state index in [1.165, 1.54) is 11.8 Å². The van der Waals surface area contributed by atoms with Gasteiger partial charge in [0.25, 0.3) is 0 Å². The number of hydrogen-bond acceptors (Lipinski definition) is 5. The summed E-state index contributed by atoms with van der Waals surface area (Å²) in [6.07, 6.45) is 0.977. The third-order valence-electron chi connectivity index (χ3n) is 3.20. The lowest BCUT2D eigenvalue weighted by Crippen LogP contribution is -2.30. The van der Waals surface area contributed by atoms with Gasteiger partial charge in [0.2, 0.25) is 5.91 Å². The fourth-order valence-corrected chi connectivity index (χ4v) is 2.07. The number of methoxy groups -OCH3 is 1. The lowest BCUT2D eigenvalue weighted by atomic mass is 10.2. The fraction of sp³-hybridized carbons (Fsp3) is 0.692. The number of carbonyl (C=O) groups is 2. The van der Waals surface area contributed by atoms with Crippen LogP contribution in [0.2, 0.25) is 0 Å². The second-order valence-electron chi connectivity index (χ2n) is 4.52. The summed E-state index contributed by atoms with van der Waals surface area (Å²) >= 11 is 0. The quantitative estimate of drug-likeness (QED) is 0.723. The number of nitrogens with zero attached hydrogens (tertiary/aromatic N) is 4. The summed E-state index contributed by atoms with van der Waals surface area (Å²) in [7, 11) is 1.48. The number of ether oxygens (including phenoxy) is 1. The zero-order valence-electron chi connectivity index (χ0n) is 12.7. The second kappa shape index (κ2) is 8.35. The Balaban J connectivity index is 2.63. The van der Waals surface area contributed by atoms with Crippen molar-refractivity contribution in [2.75, 3.05) is 20.2 Å². The van der Waals surface area contributed by atoms with E-state index in [2.05, 4.69) is 10.3 Å². The zero-order chi connectivity index (χ0) is 15.8. The highest BCUT2D eigenvalue weighted by atomic mass is 16.5. The molecule has 0 aliphatic carbocycles. The number of carboxylic acids is 1. The highest BCUT2D eigenvalue weighted by Crippen LogP contribution is 2.09. The number of aryl methyl sites for hydroxylation is 1. The summed E-state index contributed by atoms with van der Waals surface area (Å²) < 4.78 is 6.47. The Bertz CT molecular complexity index is 483. The molecule has 0 fully saturated rings. The lowest BCUT2D eigenvalue weighted by molar-refractivity contribution is -0.130. The first-order valence-electron chi connectivity index (χ1n) is 6.97. The summed E-state index contributed by atoms with van der Waals surface area (Å²) in [5.41, 5.74) is 0.312. The van der Waals surface area contributed by atoms with Crippen LogP contribution in [0.4, 0.5) is 0 Å². The van der Waals surface area contributed by atoms with Crippen LogP contribution in [0, 0.1) is 0 Å². The number of carbonyl (C=O) groups excluding carboxylic acids is 1. The normalized spacial score (nSPS) is 10.6. The van der Waals surface area contributed by atoms with Crippen molar-refractivity contribution >= 4 is 11.9 Å². The first kappa shape index (κ1) is 17.1. The average molecular weight is 298 g/mol. The van der Waals surface area contributed by atoms with Crippen LogP contribution in [0.15, 0.2) is 0 Å². The number of aromatic nitrogens is 3. The first-order chi connectivity index (χ1) is 10.0. The molecule has 0 aliphatic rings. The lowest BCUT2D eigenvalue weighted by Gasteiger charge is -2.18. The minimum absolute atomic E-state index is 0.0897. The minimum atomic E-state index is -1.13. The summed E-state index contributed by atoms with van der Waals surface area (Å²) in [6, 6.07) is 0. The third-order valence-corrected chi connectivity index (χ3v) is 3.20. The molecular formula is C13H22N4O4. The molecule has 1 N–H and O–H groups in total. The Hall–Kier alpha value is -1.96. The van der Waals surface area contributed by atoms with E-state index in [0.29, 0.717) is 38.2 Å². The largest absolute Gasteiger partial charge is 0.476 e. The Kier molecular flexibility index (Phi) is 6.80. The molecule has 1 amide bonds. The highest BCUT2D eigenvalue weighted by molar-refractivity contribution is 5.86. The van der Waals surface area contributed by atoms with Crippen molar-refractivity contribution < 1.29 is 19.4 Å². The SMILES string of the molecule is CCN(CC)C(=O)CCCn1nnc(C(=O)O)c1COC. The predicted molar refractivity (Wildman–Crippen MR) is 74.9 cm³/mol. The molecule has 1 rings (SSSR count). The van der Waals surface area contributed by atoms with Gasteiger partial charge in [0.15, 0.2) is 5.69 Å². The van der Waals surface area contributed by atoms with E-state index >= 15 is 0 Å². The van der Waals surface area contributed by atoms with Crippen molar-refractivity contribution in [3.8, 4) is 0 Å². The summed E-state index contributed by atoms with van der Waals surface area (Å²) in [6.45, 7) is 5.82. The van der Waals surface area contributed by atoms with E-state index in [4.69, 9.17) is 9.84 Å². The van der Waals surface area contributed by atoms with Gasteiger partial charge in [0.1, 0.15) is 0 Å². The van der Waals surface area contributed by atoms with Gasteiger partial charge in [0.05, 0.1) is 12.3 Å². The molecule has 1 aromatic rings. The Labute approximate surface area is 123 Å². The van der Waals surface area contributed by atoms with Gasteiger partial charge in [-0.25, -0.2) is 9.48 Å². The van der Waals surface area contributed by atoms with Crippen LogP contribution >= 0.6 is 0 Å². The molecule has 1 aromatic heterocycles. The van der Waals surface area contributed by atoms with Crippen molar-refractivity contribution in [1.82, 2.24) is 19.9 Å². The van der Waals surface area contributed by atoms with Gasteiger partial charge in [-0.1, -0.05) is 5.21 Å². The van der Waals surface area contributed by atoms with Crippen LogP contribution in [0.3, 0.4) is 0 Å². The molecule has 1 heterocycles. The zero-order valence-corrected chi connectivity index (χ0v) is 12.7. The molecule has 0 spiro atoms. The Morgan fingerprint density at radius 2 is 2.00 bits per heavy atom. The average Bonchev–Trinajstić information content (AvgIpc) is 2.84. The molecule has 0 saturated carbocycles. The van der Waals surface area contributed by atoms with Crippen molar-refractivity contribution in [1.29, 1.82) is 0 Å². The summed E-state index contributed by atoms with van der Waals surface area (Å²) in [5, 5.41) is 16.5. The van der Waals surface area contributed by atoms with Gasteiger partial charge in [-0.2, -0.15) is 0 Å². The Morgan fingerprint density at radius 1 is 1.33 bits per heavy atom. The van der Waals surface area contributed by atoms with Crippen LogP contribution in [0.5, 0.6) is 0 Å². The van der Waals surface area contributed by atoms with Crippen LogP contribution in [0.25, 0.3) is 0 Å². The van der Waals surface area contributed by atoms with Gasteiger partial charge in [-0.05, 0) is 20.3 Å². The fourth-order valence-electron chi connectivity index (χ4n) is 2.07. The standard InChI is InChI=1S/C13H22N4O4/c1-4-16(5-2)11(18)7-6-8-17-10(9-21-3)12(13(19)20)14-15-17/h4-9H2,1-3H3,(H,19,20). The minimum Gasteiger partial charge on any atom is -0.476 e. The molecule has 0 atom stereocenters. The molecule has 0 aromatic carbocycles. The van der Waals surface area contributed by atoms with E-state index in [0.717, 1.165) is 0 Å². The number of aromatic carboxylic acids is 1. The van der Waals surface area contributed by atoms with E-state index in [-0.39, 0.29) is 18.2 Å². The monoisotopic (exact) mass is 298 g/mol. The van der Waals surface area contributed by atoms with E-state index in [1.54, 1.807) is 4.90 Å². The molecule has 118 valence electrons. The molecule has 8 nitrogen and oxygen atoms in total. The van der Waals surface area contributed by atoms with Crippen molar-refractivity contribution in [2.24, 2.45) is 0 Å². The number of amides is 1. The topological polar surface area (TPSA) is 97.6 Å². The third kappa shape index (κ3) is 4.52. The maximum atomic E-state index is 11.9. The van der Waals surface area contributed by atoms with Crippen LogP contribution in [0.1, 0.15) is 42.9 Å². The molecule has 21 heavy (non-hydrogen) atoms. The second-order valence-corrected chi connectivity index (χ2v) is 4.52. The predicted octanol–water partition coefficient (Wildman–Crippen LogP) is 0.771. The molecular weight excluding hydrogens is 276 g/mol. The Morgan fingerprint density at radius 3 is 2.52 bits per heavy atom. The molecule has 8 heteroatoms.